The maximum atomic E-state index is 12.2. The molecule has 0 spiro atoms. The fraction of sp³-hybridized carbons (Fsp3) is 0.467. The number of methoxy groups -OCH3 is 1. The van der Waals surface area contributed by atoms with Crippen molar-refractivity contribution in [1.29, 1.82) is 0 Å². The lowest BCUT2D eigenvalue weighted by atomic mass is 10.0. The minimum atomic E-state index is -4.04. The second-order valence-corrected chi connectivity index (χ2v) is 8.25. The van der Waals surface area contributed by atoms with Crippen molar-refractivity contribution in [2.45, 2.75) is 31.2 Å². The lowest BCUT2D eigenvalue weighted by Gasteiger charge is -2.18. The van der Waals surface area contributed by atoms with Crippen molar-refractivity contribution in [3.05, 3.63) is 28.2 Å². The van der Waals surface area contributed by atoms with Crippen molar-refractivity contribution in [2.24, 2.45) is 5.92 Å². The smallest absolute Gasteiger partial charge is 0.328 e. The summed E-state index contributed by atoms with van der Waals surface area (Å²) in [5, 5.41) is 2.62. The van der Waals surface area contributed by atoms with Crippen LogP contribution in [0.4, 0.5) is 0 Å². The van der Waals surface area contributed by atoms with Crippen molar-refractivity contribution >= 4 is 45.1 Å². The van der Waals surface area contributed by atoms with Crippen LogP contribution in [0.3, 0.4) is 0 Å². The Bertz CT molecular complexity index is 737. The quantitative estimate of drug-likeness (QED) is 0.637. The zero-order valence-corrected chi connectivity index (χ0v) is 16.3. The third-order valence-corrected chi connectivity index (χ3v) is 5.25. The van der Waals surface area contributed by atoms with Gasteiger partial charge in [0.1, 0.15) is 10.9 Å². The fourth-order valence-electron chi connectivity index (χ4n) is 1.99. The number of rotatable bonds is 8. The van der Waals surface area contributed by atoms with E-state index in [1.54, 1.807) is 0 Å². The Kier molecular flexibility index (Phi) is 8.14. The highest BCUT2D eigenvalue weighted by molar-refractivity contribution is 7.89. The molecule has 7 nitrogen and oxygen atoms in total. The van der Waals surface area contributed by atoms with Crippen molar-refractivity contribution < 1.29 is 22.7 Å². The second-order valence-electron chi connectivity index (χ2n) is 5.67. The first-order chi connectivity index (χ1) is 11.6. The van der Waals surface area contributed by atoms with E-state index in [4.69, 9.17) is 23.2 Å². The zero-order chi connectivity index (χ0) is 19.2. The number of halogens is 2. The number of esters is 1. The molecule has 0 saturated carbocycles. The average molecular weight is 411 g/mol. The molecule has 0 aromatic heterocycles. The fourth-order valence-corrected chi connectivity index (χ4v) is 3.74. The van der Waals surface area contributed by atoms with Crippen molar-refractivity contribution in [3.63, 3.8) is 0 Å². The SMILES string of the molecule is COC(=O)[C@H](CC(C)C)NC(=O)CNS(=O)(=O)c1cc(Cl)ccc1Cl. The molecule has 25 heavy (non-hydrogen) atoms. The maximum absolute atomic E-state index is 12.2. The Morgan fingerprint density at radius 3 is 2.44 bits per heavy atom. The molecule has 0 unspecified atom stereocenters. The standard InChI is InChI=1S/C15H20Cl2N2O5S/c1-9(2)6-12(15(21)24-3)19-14(20)8-18-25(22,23)13-7-10(16)4-5-11(13)17/h4-5,7,9,12,18H,6,8H2,1-3H3,(H,19,20)/t12-/m0/s1. The summed E-state index contributed by atoms with van der Waals surface area (Å²) in [5.41, 5.74) is 0. The van der Waals surface area contributed by atoms with Gasteiger partial charge >= 0.3 is 5.97 Å². The highest BCUT2D eigenvalue weighted by Gasteiger charge is 2.24. The van der Waals surface area contributed by atoms with Crippen molar-refractivity contribution in [3.8, 4) is 0 Å². The molecule has 0 heterocycles. The molecule has 1 rings (SSSR count). The molecular formula is C15H20Cl2N2O5S. The topological polar surface area (TPSA) is 102 Å². The van der Waals surface area contributed by atoms with Gasteiger partial charge in [-0.15, -0.1) is 0 Å². The normalized spacial score (nSPS) is 12.7. The predicted octanol–water partition coefficient (Wildman–Crippen LogP) is 1.98. The van der Waals surface area contributed by atoms with Crippen LogP contribution >= 0.6 is 23.2 Å². The summed E-state index contributed by atoms with van der Waals surface area (Å²) in [6.45, 7) is 3.20. The predicted molar refractivity (Wildman–Crippen MR) is 95.1 cm³/mol. The average Bonchev–Trinajstić information content (AvgIpc) is 2.53. The van der Waals surface area contributed by atoms with Crippen LogP contribution < -0.4 is 10.0 Å². The van der Waals surface area contributed by atoms with E-state index < -0.39 is 34.5 Å². The van der Waals surface area contributed by atoms with Gasteiger partial charge < -0.3 is 10.1 Å². The number of benzene rings is 1. The van der Waals surface area contributed by atoms with Crippen LogP contribution in [0.5, 0.6) is 0 Å². The number of ether oxygens (including phenoxy) is 1. The number of nitrogens with one attached hydrogen (secondary N) is 2. The van der Waals surface area contributed by atoms with Gasteiger partial charge in [-0.1, -0.05) is 37.0 Å². The first kappa shape index (κ1) is 21.7. The molecule has 10 heteroatoms. The van der Waals surface area contributed by atoms with E-state index >= 15 is 0 Å². The van der Waals surface area contributed by atoms with Gasteiger partial charge in [0.2, 0.25) is 15.9 Å². The van der Waals surface area contributed by atoms with E-state index in [2.05, 4.69) is 14.8 Å². The van der Waals surface area contributed by atoms with Crippen LogP contribution in [0.15, 0.2) is 23.1 Å². The first-order valence-electron chi connectivity index (χ1n) is 7.38. The van der Waals surface area contributed by atoms with E-state index in [-0.39, 0.29) is 20.9 Å². The zero-order valence-electron chi connectivity index (χ0n) is 14.0. The van der Waals surface area contributed by atoms with Gasteiger partial charge in [-0.3, -0.25) is 4.79 Å². The number of hydrogen-bond acceptors (Lipinski definition) is 5. The van der Waals surface area contributed by atoms with Gasteiger partial charge in [0, 0.05) is 5.02 Å². The Morgan fingerprint density at radius 2 is 1.88 bits per heavy atom. The molecule has 0 fully saturated rings. The lowest BCUT2D eigenvalue weighted by molar-refractivity contribution is -0.145. The molecule has 0 bridgehead atoms. The van der Waals surface area contributed by atoms with Gasteiger partial charge in [0.25, 0.3) is 0 Å². The Hall–Kier alpha value is -1.35. The first-order valence-corrected chi connectivity index (χ1v) is 9.62. The van der Waals surface area contributed by atoms with E-state index in [0.29, 0.717) is 6.42 Å². The highest BCUT2D eigenvalue weighted by Crippen LogP contribution is 2.24. The highest BCUT2D eigenvalue weighted by atomic mass is 35.5. The Morgan fingerprint density at radius 1 is 1.24 bits per heavy atom. The van der Waals surface area contributed by atoms with E-state index in [9.17, 15) is 18.0 Å². The Balaban J connectivity index is 2.77. The molecule has 140 valence electrons. The molecule has 0 saturated heterocycles. The van der Waals surface area contributed by atoms with Gasteiger partial charge in [-0.05, 0) is 30.5 Å². The van der Waals surface area contributed by atoms with Crippen LogP contribution in [0.2, 0.25) is 10.0 Å². The summed E-state index contributed by atoms with van der Waals surface area (Å²) in [7, 11) is -2.82. The molecule has 0 radical (unpaired) electrons. The van der Waals surface area contributed by atoms with Crippen molar-refractivity contribution in [1.82, 2.24) is 10.0 Å². The number of amides is 1. The molecule has 0 aliphatic heterocycles. The summed E-state index contributed by atoms with van der Waals surface area (Å²) in [6, 6.07) is 3.12. The summed E-state index contributed by atoms with van der Waals surface area (Å²) in [4.78, 5) is 23.4. The number of carbonyl (C=O) groups is 2. The third-order valence-electron chi connectivity index (χ3n) is 3.13. The molecule has 2 N–H and O–H groups in total. The molecule has 0 aliphatic rings. The number of sulfonamides is 1. The number of hydrogen-bond donors (Lipinski definition) is 2. The van der Waals surface area contributed by atoms with Gasteiger partial charge in [-0.2, -0.15) is 0 Å². The van der Waals surface area contributed by atoms with Gasteiger partial charge in [0.05, 0.1) is 18.7 Å². The van der Waals surface area contributed by atoms with E-state index in [0.717, 1.165) is 0 Å². The van der Waals surface area contributed by atoms with Crippen molar-refractivity contribution in [2.75, 3.05) is 13.7 Å². The summed E-state index contributed by atoms with van der Waals surface area (Å²) in [6.07, 6.45) is 0.366. The molecule has 1 atom stereocenters. The summed E-state index contributed by atoms with van der Waals surface area (Å²) in [5.74, 6) is -1.13. The van der Waals surface area contributed by atoms with Crippen LogP contribution in [0, 0.1) is 5.92 Å². The van der Waals surface area contributed by atoms with E-state index in [1.807, 2.05) is 13.8 Å². The van der Waals surface area contributed by atoms with Crippen LogP contribution in [-0.4, -0.2) is 40.0 Å². The number of carbonyl (C=O) groups excluding carboxylic acids is 2. The summed E-state index contributed by atoms with van der Waals surface area (Å²) < 4.78 is 31.2. The summed E-state index contributed by atoms with van der Waals surface area (Å²) >= 11 is 11.6. The van der Waals surface area contributed by atoms with Gasteiger partial charge in [-0.25, -0.2) is 17.9 Å². The minimum absolute atomic E-state index is 0.0236. The molecule has 1 aromatic carbocycles. The van der Waals surface area contributed by atoms with Crippen LogP contribution in [0.25, 0.3) is 0 Å². The minimum Gasteiger partial charge on any atom is -0.467 e. The second kappa shape index (κ2) is 9.38. The third kappa shape index (κ3) is 6.81. The molecule has 0 aliphatic carbocycles. The van der Waals surface area contributed by atoms with E-state index in [1.165, 1.54) is 25.3 Å². The largest absolute Gasteiger partial charge is 0.467 e. The maximum Gasteiger partial charge on any atom is 0.328 e. The lowest BCUT2D eigenvalue weighted by Crippen LogP contribution is -2.46. The van der Waals surface area contributed by atoms with Gasteiger partial charge in [0.15, 0.2) is 0 Å². The molecule has 1 aromatic rings. The van der Waals surface area contributed by atoms with Crippen LogP contribution in [-0.2, 0) is 24.3 Å². The van der Waals surface area contributed by atoms with Crippen LogP contribution in [0.1, 0.15) is 20.3 Å². The molecule has 1 amide bonds. The Labute approximate surface area is 157 Å². The molecular weight excluding hydrogens is 391 g/mol. The monoisotopic (exact) mass is 410 g/mol.